The molecule has 0 spiro atoms. The summed E-state index contributed by atoms with van der Waals surface area (Å²) in [6.45, 7) is 4.33. The highest BCUT2D eigenvalue weighted by Crippen LogP contribution is 2.24. The number of hydrogen-bond donors (Lipinski definition) is 1. The third kappa shape index (κ3) is 3.73. The molecule has 86 valence electrons. The first kappa shape index (κ1) is 14.3. The highest BCUT2D eigenvalue weighted by atomic mass is 35.5. The van der Waals surface area contributed by atoms with E-state index in [2.05, 4.69) is 19.9 Å². The predicted molar refractivity (Wildman–Crippen MR) is 66.6 cm³/mol. The molecule has 0 bridgehead atoms. The van der Waals surface area contributed by atoms with Crippen LogP contribution < -0.4 is 10.5 Å². The van der Waals surface area contributed by atoms with Crippen molar-refractivity contribution in [2.75, 3.05) is 7.11 Å². The third-order valence-electron chi connectivity index (χ3n) is 2.74. The van der Waals surface area contributed by atoms with Gasteiger partial charge in [0.2, 0.25) is 0 Å². The average molecular weight is 230 g/mol. The van der Waals surface area contributed by atoms with Crippen molar-refractivity contribution in [2.24, 2.45) is 11.7 Å². The average Bonchev–Trinajstić information content (AvgIpc) is 2.27. The van der Waals surface area contributed by atoms with Crippen LogP contribution in [-0.2, 0) is 0 Å². The van der Waals surface area contributed by atoms with E-state index in [1.807, 2.05) is 18.2 Å². The van der Waals surface area contributed by atoms with Gasteiger partial charge in [-0.2, -0.15) is 0 Å². The molecule has 0 aliphatic heterocycles. The number of hydrogen-bond acceptors (Lipinski definition) is 2. The molecule has 0 heterocycles. The van der Waals surface area contributed by atoms with Gasteiger partial charge in [-0.15, -0.1) is 12.4 Å². The molecule has 1 aromatic rings. The lowest BCUT2D eigenvalue weighted by atomic mass is 9.93. The summed E-state index contributed by atoms with van der Waals surface area (Å²) in [6, 6.07) is 8.09. The molecule has 0 aliphatic rings. The summed E-state index contributed by atoms with van der Waals surface area (Å²) in [5.41, 5.74) is 7.27. The normalized spacial score (nSPS) is 13.9. The minimum absolute atomic E-state index is 0. The predicted octanol–water partition coefficient (Wildman–Crippen LogP) is 3.16. The smallest absolute Gasteiger partial charge is 0.119 e. The highest BCUT2D eigenvalue weighted by molar-refractivity contribution is 5.85. The molecule has 3 heteroatoms. The molecule has 2 nitrogen and oxygen atoms in total. The Balaban J connectivity index is 0.00000196. The van der Waals surface area contributed by atoms with Gasteiger partial charge in [0.15, 0.2) is 0 Å². The Kier molecular flexibility index (Phi) is 6.37. The fourth-order valence-electron chi connectivity index (χ4n) is 1.43. The molecule has 1 unspecified atom stereocenters. The van der Waals surface area contributed by atoms with Crippen molar-refractivity contribution in [3.05, 3.63) is 29.8 Å². The van der Waals surface area contributed by atoms with Crippen molar-refractivity contribution in [3.8, 4) is 5.75 Å². The van der Waals surface area contributed by atoms with E-state index in [0.717, 1.165) is 17.7 Å². The van der Waals surface area contributed by atoms with Gasteiger partial charge in [0.25, 0.3) is 0 Å². The van der Waals surface area contributed by atoms with Gasteiger partial charge in [0.1, 0.15) is 5.75 Å². The summed E-state index contributed by atoms with van der Waals surface area (Å²) in [4.78, 5) is 0. The second-order valence-electron chi connectivity index (χ2n) is 3.69. The van der Waals surface area contributed by atoms with E-state index in [-0.39, 0.29) is 18.4 Å². The largest absolute Gasteiger partial charge is 0.497 e. The zero-order valence-corrected chi connectivity index (χ0v) is 10.4. The zero-order chi connectivity index (χ0) is 10.6. The van der Waals surface area contributed by atoms with Gasteiger partial charge in [-0.25, -0.2) is 0 Å². The number of nitrogens with two attached hydrogens (primary N) is 1. The topological polar surface area (TPSA) is 35.2 Å². The molecule has 2 N–H and O–H groups in total. The first-order valence-corrected chi connectivity index (χ1v) is 5.08. The van der Waals surface area contributed by atoms with Gasteiger partial charge in [0, 0.05) is 6.04 Å². The number of rotatable bonds is 4. The lowest BCUT2D eigenvalue weighted by Gasteiger charge is -2.19. The second kappa shape index (κ2) is 6.70. The van der Waals surface area contributed by atoms with Crippen LogP contribution in [-0.4, -0.2) is 7.11 Å². The molecule has 0 aromatic heterocycles. The van der Waals surface area contributed by atoms with Gasteiger partial charge in [-0.3, -0.25) is 0 Å². The summed E-state index contributed by atoms with van der Waals surface area (Å²) >= 11 is 0. The SMILES string of the molecule is CCC(C)[C@H](N)c1cccc(OC)c1.Cl. The van der Waals surface area contributed by atoms with E-state index < -0.39 is 0 Å². The Hall–Kier alpha value is -0.730. The number of methoxy groups -OCH3 is 1. The van der Waals surface area contributed by atoms with E-state index in [4.69, 9.17) is 10.5 Å². The molecule has 2 atom stereocenters. The van der Waals surface area contributed by atoms with E-state index in [1.54, 1.807) is 7.11 Å². The third-order valence-corrected chi connectivity index (χ3v) is 2.74. The summed E-state index contributed by atoms with van der Waals surface area (Å²) in [6.07, 6.45) is 1.10. The van der Waals surface area contributed by atoms with Gasteiger partial charge < -0.3 is 10.5 Å². The highest BCUT2D eigenvalue weighted by Gasteiger charge is 2.13. The van der Waals surface area contributed by atoms with Gasteiger partial charge in [0.05, 0.1) is 7.11 Å². The molecule has 0 amide bonds. The number of ether oxygens (including phenoxy) is 1. The van der Waals surface area contributed by atoms with Crippen LogP contribution in [0.2, 0.25) is 0 Å². The van der Waals surface area contributed by atoms with Crippen LogP contribution in [0, 0.1) is 5.92 Å². The second-order valence-corrected chi connectivity index (χ2v) is 3.69. The van der Waals surface area contributed by atoms with Crippen molar-refractivity contribution in [3.63, 3.8) is 0 Å². The van der Waals surface area contributed by atoms with E-state index in [9.17, 15) is 0 Å². The molecule has 0 fully saturated rings. The van der Waals surface area contributed by atoms with Crippen LogP contribution in [0.15, 0.2) is 24.3 Å². The molecule has 1 rings (SSSR count). The van der Waals surface area contributed by atoms with Gasteiger partial charge in [-0.05, 0) is 23.6 Å². The Morgan fingerprint density at radius 3 is 2.60 bits per heavy atom. The maximum atomic E-state index is 6.12. The van der Waals surface area contributed by atoms with Crippen molar-refractivity contribution in [2.45, 2.75) is 26.3 Å². The standard InChI is InChI=1S/C12H19NO.ClH/c1-4-9(2)12(13)10-6-5-7-11(8-10)14-3;/h5-9,12H,4,13H2,1-3H3;1H/t9?,12-;/m0./s1. The first-order chi connectivity index (χ1) is 6.69. The Morgan fingerprint density at radius 2 is 2.07 bits per heavy atom. The van der Waals surface area contributed by atoms with Gasteiger partial charge in [-0.1, -0.05) is 32.4 Å². The summed E-state index contributed by atoms with van der Waals surface area (Å²) < 4.78 is 5.16. The number of halogens is 1. The van der Waals surface area contributed by atoms with Crippen LogP contribution in [0.25, 0.3) is 0 Å². The van der Waals surface area contributed by atoms with Crippen LogP contribution in [0.1, 0.15) is 31.9 Å². The molecular formula is C12H20ClNO. The lowest BCUT2D eigenvalue weighted by Crippen LogP contribution is -2.18. The Bertz CT molecular complexity index is 291. The van der Waals surface area contributed by atoms with Gasteiger partial charge >= 0.3 is 0 Å². The van der Waals surface area contributed by atoms with Crippen molar-refractivity contribution >= 4 is 12.4 Å². The fourth-order valence-corrected chi connectivity index (χ4v) is 1.43. The maximum Gasteiger partial charge on any atom is 0.119 e. The van der Waals surface area contributed by atoms with Crippen LogP contribution in [0.4, 0.5) is 0 Å². The summed E-state index contributed by atoms with van der Waals surface area (Å²) in [5, 5.41) is 0. The Morgan fingerprint density at radius 1 is 1.40 bits per heavy atom. The molecule has 0 aliphatic carbocycles. The summed E-state index contributed by atoms with van der Waals surface area (Å²) in [7, 11) is 1.67. The maximum absolute atomic E-state index is 6.12. The molecular weight excluding hydrogens is 210 g/mol. The zero-order valence-electron chi connectivity index (χ0n) is 9.57. The molecule has 0 radical (unpaired) electrons. The quantitative estimate of drug-likeness (QED) is 0.861. The first-order valence-electron chi connectivity index (χ1n) is 5.08. The molecule has 15 heavy (non-hydrogen) atoms. The minimum Gasteiger partial charge on any atom is -0.497 e. The van der Waals surface area contributed by atoms with E-state index >= 15 is 0 Å². The molecule has 0 saturated carbocycles. The van der Waals surface area contributed by atoms with Crippen LogP contribution in [0.3, 0.4) is 0 Å². The van der Waals surface area contributed by atoms with Crippen molar-refractivity contribution < 1.29 is 4.74 Å². The minimum atomic E-state index is 0. The van der Waals surface area contributed by atoms with E-state index in [1.165, 1.54) is 0 Å². The molecule has 1 aromatic carbocycles. The molecule has 0 saturated heterocycles. The fraction of sp³-hybridized carbons (Fsp3) is 0.500. The van der Waals surface area contributed by atoms with Crippen molar-refractivity contribution in [1.82, 2.24) is 0 Å². The lowest BCUT2D eigenvalue weighted by molar-refractivity contribution is 0.410. The summed E-state index contributed by atoms with van der Waals surface area (Å²) in [5.74, 6) is 1.38. The van der Waals surface area contributed by atoms with Crippen LogP contribution in [0.5, 0.6) is 5.75 Å². The van der Waals surface area contributed by atoms with Crippen LogP contribution >= 0.6 is 12.4 Å². The van der Waals surface area contributed by atoms with E-state index in [0.29, 0.717) is 5.92 Å². The number of benzene rings is 1. The monoisotopic (exact) mass is 229 g/mol. The Labute approximate surface area is 98.2 Å². The van der Waals surface area contributed by atoms with Crippen molar-refractivity contribution in [1.29, 1.82) is 0 Å².